The lowest BCUT2D eigenvalue weighted by Gasteiger charge is -2.38. The Hall–Kier alpha value is -2.48. The molecule has 0 bridgehead atoms. The van der Waals surface area contributed by atoms with Crippen LogP contribution in [0, 0.1) is 0 Å². The van der Waals surface area contributed by atoms with Gasteiger partial charge >= 0.3 is 0 Å². The van der Waals surface area contributed by atoms with Crippen LogP contribution in [0.3, 0.4) is 0 Å². The molecule has 0 N–H and O–H groups in total. The maximum atomic E-state index is 13.3. The molecule has 2 amide bonds. The van der Waals surface area contributed by atoms with Gasteiger partial charge in [-0.1, -0.05) is 0 Å². The summed E-state index contributed by atoms with van der Waals surface area (Å²) in [5.74, 6) is 1.72. The summed E-state index contributed by atoms with van der Waals surface area (Å²) in [6, 6.07) is 3.81. The van der Waals surface area contributed by atoms with E-state index >= 15 is 0 Å². The minimum Gasteiger partial charge on any atom is -0.490 e. The molecular formula is C25H39N3O5. The second kappa shape index (κ2) is 12.1. The summed E-state index contributed by atoms with van der Waals surface area (Å²) in [6.07, 6.45) is 3.38. The van der Waals surface area contributed by atoms with Crippen molar-refractivity contribution in [3.05, 3.63) is 17.7 Å². The van der Waals surface area contributed by atoms with Gasteiger partial charge in [-0.15, -0.1) is 0 Å². The molecule has 0 radical (unpaired) electrons. The fourth-order valence-corrected chi connectivity index (χ4v) is 4.55. The number of ether oxygens (including phenoxy) is 3. The Labute approximate surface area is 197 Å². The average molecular weight is 462 g/mol. The number of benzene rings is 1. The first kappa shape index (κ1) is 25.1. The molecule has 2 aliphatic rings. The van der Waals surface area contributed by atoms with E-state index in [4.69, 9.17) is 14.2 Å². The molecule has 2 aliphatic heterocycles. The zero-order valence-corrected chi connectivity index (χ0v) is 20.6. The zero-order chi connectivity index (χ0) is 23.8. The van der Waals surface area contributed by atoms with Crippen molar-refractivity contribution in [3.63, 3.8) is 0 Å². The molecule has 3 rings (SSSR count). The SMILES string of the molecule is CCOc1cc(C(=O)N2CCN(CC(=O)N3CCCCC3C)CC2)cc(OCC)c1OCC. The monoisotopic (exact) mass is 461 g/mol. The topological polar surface area (TPSA) is 71.6 Å². The van der Waals surface area contributed by atoms with Gasteiger partial charge in [-0.05, 0) is 59.1 Å². The van der Waals surface area contributed by atoms with Crippen molar-refractivity contribution in [1.29, 1.82) is 0 Å². The maximum absolute atomic E-state index is 13.3. The summed E-state index contributed by atoms with van der Waals surface area (Å²) >= 11 is 0. The van der Waals surface area contributed by atoms with Crippen LogP contribution in [0.1, 0.15) is 57.3 Å². The van der Waals surface area contributed by atoms with Gasteiger partial charge in [0, 0.05) is 44.3 Å². The van der Waals surface area contributed by atoms with E-state index < -0.39 is 0 Å². The van der Waals surface area contributed by atoms with Gasteiger partial charge in [0.05, 0.1) is 26.4 Å². The molecule has 1 aromatic rings. The van der Waals surface area contributed by atoms with E-state index in [0.717, 1.165) is 19.4 Å². The highest BCUT2D eigenvalue weighted by Gasteiger charge is 2.28. The third-order valence-corrected chi connectivity index (χ3v) is 6.30. The number of amides is 2. The fourth-order valence-electron chi connectivity index (χ4n) is 4.55. The van der Waals surface area contributed by atoms with Crippen LogP contribution in [-0.4, -0.2) is 91.6 Å². The second-order valence-electron chi connectivity index (χ2n) is 8.60. The second-order valence-corrected chi connectivity index (χ2v) is 8.60. The summed E-state index contributed by atoms with van der Waals surface area (Å²) in [5, 5.41) is 0. The Bertz CT molecular complexity index is 780. The summed E-state index contributed by atoms with van der Waals surface area (Å²) < 4.78 is 17.3. The van der Waals surface area contributed by atoms with Crippen LogP contribution >= 0.6 is 0 Å². The number of nitrogens with zero attached hydrogens (tertiary/aromatic N) is 3. The Morgan fingerprint density at radius 3 is 2.03 bits per heavy atom. The first-order valence-corrected chi connectivity index (χ1v) is 12.4. The predicted octanol–water partition coefficient (Wildman–Crippen LogP) is 3.04. The van der Waals surface area contributed by atoms with Crippen molar-refractivity contribution in [2.24, 2.45) is 0 Å². The lowest BCUT2D eigenvalue weighted by atomic mass is 10.0. The molecule has 1 unspecified atom stereocenters. The lowest BCUT2D eigenvalue weighted by molar-refractivity contribution is -0.136. The molecule has 0 spiro atoms. The lowest BCUT2D eigenvalue weighted by Crippen LogP contribution is -2.53. The van der Waals surface area contributed by atoms with Crippen LogP contribution in [0.2, 0.25) is 0 Å². The van der Waals surface area contributed by atoms with Gasteiger partial charge in [-0.25, -0.2) is 0 Å². The highest BCUT2D eigenvalue weighted by atomic mass is 16.5. The van der Waals surface area contributed by atoms with Crippen molar-refractivity contribution in [3.8, 4) is 17.2 Å². The van der Waals surface area contributed by atoms with Gasteiger partial charge in [0.25, 0.3) is 5.91 Å². The van der Waals surface area contributed by atoms with E-state index in [1.54, 1.807) is 12.1 Å². The summed E-state index contributed by atoms with van der Waals surface area (Å²) in [7, 11) is 0. The number of hydrogen-bond acceptors (Lipinski definition) is 6. The first-order valence-electron chi connectivity index (χ1n) is 12.4. The largest absolute Gasteiger partial charge is 0.490 e. The number of rotatable bonds is 9. The van der Waals surface area contributed by atoms with Gasteiger partial charge in [0.2, 0.25) is 11.7 Å². The third kappa shape index (κ3) is 6.31. The van der Waals surface area contributed by atoms with E-state index in [-0.39, 0.29) is 11.8 Å². The normalized spacial score (nSPS) is 19.3. The highest BCUT2D eigenvalue weighted by Crippen LogP contribution is 2.39. The van der Waals surface area contributed by atoms with E-state index in [0.29, 0.717) is 81.4 Å². The van der Waals surface area contributed by atoms with Crippen molar-refractivity contribution in [2.75, 3.05) is 59.1 Å². The average Bonchev–Trinajstić information content (AvgIpc) is 2.81. The quantitative estimate of drug-likeness (QED) is 0.563. The van der Waals surface area contributed by atoms with Crippen molar-refractivity contribution in [2.45, 2.75) is 53.0 Å². The summed E-state index contributed by atoms with van der Waals surface area (Å²) in [6.45, 7) is 13.1. The van der Waals surface area contributed by atoms with E-state index in [2.05, 4.69) is 11.8 Å². The zero-order valence-electron chi connectivity index (χ0n) is 20.6. The van der Waals surface area contributed by atoms with E-state index in [1.165, 1.54) is 6.42 Å². The van der Waals surface area contributed by atoms with Crippen LogP contribution in [0.15, 0.2) is 12.1 Å². The number of likely N-dealkylation sites (tertiary alicyclic amines) is 1. The van der Waals surface area contributed by atoms with E-state index in [1.807, 2.05) is 30.6 Å². The minimum atomic E-state index is -0.0596. The van der Waals surface area contributed by atoms with Crippen molar-refractivity contribution in [1.82, 2.24) is 14.7 Å². The van der Waals surface area contributed by atoms with Gasteiger partial charge in [-0.3, -0.25) is 14.5 Å². The Kier molecular flexibility index (Phi) is 9.23. The molecule has 1 aromatic carbocycles. The van der Waals surface area contributed by atoms with Crippen LogP contribution in [0.5, 0.6) is 17.2 Å². The number of carbonyl (C=O) groups is 2. The fraction of sp³-hybridized carbons (Fsp3) is 0.680. The van der Waals surface area contributed by atoms with E-state index in [9.17, 15) is 9.59 Å². The standard InChI is InChI=1S/C25H39N3O5/c1-5-31-21-16-20(17-22(32-6-2)24(21)33-7-3)25(30)27-14-12-26(13-15-27)18-23(29)28-11-9-8-10-19(28)4/h16-17,19H,5-15,18H2,1-4H3. The Balaban J connectivity index is 1.64. The van der Waals surface area contributed by atoms with Crippen LogP contribution in [0.25, 0.3) is 0 Å². The molecule has 8 heteroatoms. The van der Waals surface area contributed by atoms with Gasteiger partial charge in [0.1, 0.15) is 0 Å². The van der Waals surface area contributed by atoms with Crippen LogP contribution < -0.4 is 14.2 Å². The van der Waals surface area contributed by atoms with Gasteiger partial charge in [-0.2, -0.15) is 0 Å². The first-order chi connectivity index (χ1) is 16.0. The molecular weight excluding hydrogens is 422 g/mol. The summed E-state index contributed by atoms with van der Waals surface area (Å²) in [5.41, 5.74) is 0.525. The molecule has 2 fully saturated rings. The third-order valence-electron chi connectivity index (χ3n) is 6.30. The number of hydrogen-bond donors (Lipinski definition) is 0. The number of piperazine rings is 1. The molecule has 0 aromatic heterocycles. The molecule has 2 saturated heterocycles. The smallest absolute Gasteiger partial charge is 0.254 e. The van der Waals surface area contributed by atoms with Gasteiger partial charge in [0.15, 0.2) is 11.5 Å². The van der Waals surface area contributed by atoms with Gasteiger partial charge < -0.3 is 24.0 Å². The van der Waals surface area contributed by atoms with Crippen molar-refractivity contribution >= 4 is 11.8 Å². The predicted molar refractivity (Wildman–Crippen MR) is 127 cm³/mol. The molecule has 8 nitrogen and oxygen atoms in total. The molecule has 0 saturated carbocycles. The van der Waals surface area contributed by atoms with Crippen molar-refractivity contribution < 1.29 is 23.8 Å². The minimum absolute atomic E-state index is 0.0596. The highest BCUT2D eigenvalue weighted by molar-refractivity contribution is 5.95. The Morgan fingerprint density at radius 2 is 1.48 bits per heavy atom. The Morgan fingerprint density at radius 1 is 0.879 bits per heavy atom. The van der Waals surface area contributed by atoms with Crippen LogP contribution in [-0.2, 0) is 4.79 Å². The number of carbonyl (C=O) groups excluding carboxylic acids is 2. The molecule has 1 atom stereocenters. The van der Waals surface area contributed by atoms with Crippen LogP contribution in [0.4, 0.5) is 0 Å². The maximum Gasteiger partial charge on any atom is 0.254 e. The summed E-state index contributed by atoms with van der Waals surface area (Å²) in [4.78, 5) is 32.1. The number of piperidine rings is 1. The molecule has 2 heterocycles. The molecule has 33 heavy (non-hydrogen) atoms. The molecule has 0 aliphatic carbocycles. The molecule has 184 valence electrons.